The summed E-state index contributed by atoms with van der Waals surface area (Å²) in [6, 6.07) is 9.72. The van der Waals surface area contributed by atoms with Crippen molar-refractivity contribution in [1.82, 2.24) is 10.0 Å². The molecular formula is C14H22N2O2S. The van der Waals surface area contributed by atoms with Crippen LogP contribution in [0.15, 0.2) is 30.3 Å². The van der Waals surface area contributed by atoms with Crippen molar-refractivity contribution in [1.29, 1.82) is 0 Å². The first kappa shape index (κ1) is 14.5. The molecule has 0 radical (unpaired) electrons. The van der Waals surface area contributed by atoms with Gasteiger partial charge in [-0.15, -0.1) is 0 Å². The van der Waals surface area contributed by atoms with Crippen LogP contribution in [0.4, 0.5) is 0 Å². The third-order valence-electron chi connectivity index (χ3n) is 3.54. The van der Waals surface area contributed by atoms with E-state index in [1.807, 2.05) is 30.3 Å². The smallest absolute Gasteiger partial charge is 0.211 e. The van der Waals surface area contributed by atoms with Gasteiger partial charge in [-0.3, -0.25) is 0 Å². The van der Waals surface area contributed by atoms with Gasteiger partial charge in [-0.1, -0.05) is 30.3 Å². The lowest BCUT2D eigenvalue weighted by Crippen LogP contribution is -2.29. The summed E-state index contributed by atoms with van der Waals surface area (Å²) < 4.78 is 26.4. The Kier molecular flexibility index (Phi) is 5.36. The molecule has 1 fully saturated rings. The minimum atomic E-state index is -3.14. The fraction of sp³-hybridized carbons (Fsp3) is 0.571. The Bertz CT molecular complexity index is 467. The molecule has 1 aliphatic heterocycles. The number of aryl methyl sites for hydroxylation is 1. The van der Waals surface area contributed by atoms with E-state index in [0.717, 1.165) is 31.5 Å². The molecule has 0 aromatic heterocycles. The molecule has 1 aliphatic rings. The number of sulfonamides is 1. The summed E-state index contributed by atoms with van der Waals surface area (Å²) in [6.45, 7) is 2.64. The highest BCUT2D eigenvalue weighted by Gasteiger charge is 2.15. The van der Waals surface area contributed by atoms with E-state index < -0.39 is 10.0 Å². The van der Waals surface area contributed by atoms with E-state index in [9.17, 15) is 8.42 Å². The molecule has 0 bridgehead atoms. The van der Waals surface area contributed by atoms with Gasteiger partial charge in [0.1, 0.15) is 0 Å². The number of hydrogen-bond donors (Lipinski definition) is 2. The third-order valence-corrected chi connectivity index (χ3v) is 4.92. The van der Waals surface area contributed by atoms with Gasteiger partial charge < -0.3 is 5.32 Å². The van der Waals surface area contributed by atoms with Crippen LogP contribution < -0.4 is 10.0 Å². The molecule has 0 saturated carbocycles. The Balaban J connectivity index is 1.69. The first-order valence-corrected chi connectivity index (χ1v) is 8.53. The molecule has 1 saturated heterocycles. The summed E-state index contributed by atoms with van der Waals surface area (Å²) >= 11 is 0. The van der Waals surface area contributed by atoms with E-state index in [2.05, 4.69) is 10.0 Å². The monoisotopic (exact) mass is 282 g/mol. The topological polar surface area (TPSA) is 58.2 Å². The SMILES string of the molecule is O=S(=O)(CCc1ccccc1)NCCC1CCNC1. The van der Waals surface area contributed by atoms with E-state index in [4.69, 9.17) is 0 Å². The highest BCUT2D eigenvalue weighted by molar-refractivity contribution is 7.89. The fourth-order valence-electron chi connectivity index (χ4n) is 2.35. The standard InChI is InChI=1S/C14H22N2O2S/c17-19(18,11-8-13-4-2-1-3-5-13)16-10-7-14-6-9-15-12-14/h1-5,14-16H,6-12H2. The van der Waals surface area contributed by atoms with E-state index in [1.54, 1.807) is 0 Å². The van der Waals surface area contributed by atoms with Crippen LogP contribution in [0.1, 0.15) is 18.4 Å². The lowest BCUT2D eigenvalue weighted by Gasteiger charge is -2.10. The normalized spacial score (nSPS) is 19.7. The average Bonchev–Trinajstić information content (AvgIpc) is 2.91. The van der Waals surface area contributed by atoms with Gasteiger partial charge in [0.25, 0.3) is 0 Å². The van der Waals surface area contributed by atoms with Gasteiger partial charge in [0.05, 0.1) is 5.75 Å². The molecule has 5 heteroatoms. The van der Waals surface area contributed by atoms with Crippen LogP contribution in [0.25, 0.3) is 0 Å². The van der Waals surface area contributed by atoms with Crippen LogP contribution in [-0.2, 0) is 16.4 Å². The van der Waals surface area contributed by atoms with Gasteiger partial charge in [0, 0.05) is 6.54 Å². The van der Waals surface area contributed by atoms with Crippen LogP contribution in [-0.4, -0.2) is 33.8 Å². The van der Waals surface area contributed by atoms with Gasteiger partial charge in [-0.05, 0) is 43.8 Å². The minimum Gasteiger partial charge on any atom is -0.316 e. The second-order valence-corrected chi connectivity index (χ2v) is 7.02. The van der Waals surface area contributed by atoms with E-state index >= 15 is 0 Å². The first-order chi connectivity index (χ1) is 9.16. The number of hydrogen-bond acceptors (Lipinski definition) is 3. The van der Waals surface area contributed by atoms with Crippen molar-refractivity contribution >= 4 is 10.0 Å². The Morgan fingerprint density at radius 3 is 2.74 bits per heavy atom. The molecule has 1 unspecified atom stereocenters. The average molecular weight is 282 g/mol. The van der Waals surface area contributed by atoms with Crippen molar-refractivity contribution < 1.29 is 8.42 Å². The third kappa shape index (κ3) is 5.30. The Morgan fingerprint density at radius 1 is 1.26 bits per heavy atom. The molecule has 19 heavy (non-hydrogen) atoms. The molecular weight excluding hydrogens is 260 g/mol. The minimum absolute atomic E-state index is 0.167. The zero-order valence-electron chi connectivity index (χ0n) is 11.1. The zero-order valence-corrected chi connectivity index (χ0v) is 12.0. The Labute approximate surface area is 115 Å². The zero-order chi connectivity index (χ0) is 13.6. The van der Waals surface area contributed by atoms with Crippen molar-refractivity contribution in [2.24, 2.45) is 5.92 Å². The highest BCUT2D eigenvalue weighted by Crippen LogP contribution is 2.11. The quantitative estimate of drug-likeness (QED) is 0.789. The molecule has 106 valence electrons. The van der Waals surface area contributed by atoms with Gasteiger partial charge in [0.15, 0.2) is 0 Å². The van der Waals surface area contributed by atoms with Crippen LogP contribution in [0, 0.1) is 5.92 Å². The summed E-state index contributed by atoms with van der Waals surface area (Å²) in [4.78, 5) is 0. The van der Waals surface area contributed by atoms with Crippen molar-refractivity contribution in [3.8, 4) is 0 Å². The summed E-state index contributed by atoms with van der Waals surface area (Å²) in [7, 11) is -3.14. The molecule has 0 spiro atoms. The van der Waals surface area contributed by atoms with Crippen molar-refractivity contribution in [2.75, 3.05) is 25.4 Å². The van der Waals surface area contributed by atoms with Gasteiger partial charge in [-0.25, -0.2) is 13.1 Å². The maximum atomic E-state index is 11.9. The lowest BCUT2D eigenvalue weighted by atomic mass is 10.1. The number of rotatable bonds is 7. The van der Waals surface area contributed by atoms with Gasteiger partial charge >= 0.3 is 0 Å². The van der Waals surface area contributed by atoms with Gasteiger partial charge in [-0.2, -0.15) is 0 Å². The summed E-state index contributed by atoms with van der Waals surface area (Å²) in [5.41, 5.74) is 1.06. The van der Waals surface area contributed by atoms with E-state index in [-0.39, 0.29) is 5.75 Å². The molecule has 0 aliphatic carbocycles. The van der Waals surface area contributed by atoms with Crippen molar-refractivity contribution in [3.05, 3.63) is 35.9 Å². The number of benzene rings is 1. The molecule has 4 nitrogen and oxygen atoms in total. The molecule has 1 heterocycles. The van der Waals surface area contributed by atoms with Crippen LogP contribution >= 0.6 is 0 Å². The lowest BCUT2D eigenvalue weighted by molar-refractivity contribution is 0.519. The second-order valence-electron chi connectivity index (χ2n) is 5.10. The molecule has 0 amide bonds. The maximum absolute atomic E-state index is 11.9. The second kappa shape index (κ2) is 7.03. The number of nitrogens with one attached hydrogen (secondary N) is 2. The maximum Gasteiger partial charge on any atom is 0.211 e. The Morgan fingerprint density at radius 2 is 2.05 bits per heavy atom. The molecule has 2 rings (SSSR count). The van der Waals surface area contributed by atoms with Gasteiger partial charge in [0.2, 0.25) is 10.0 Å². The molecule has 1 aromatic rings. The first-order valence-electron chi connectivity index (χ1n) is 6.88. The molecule has 1 atom stereocenters. The van der Waals surface area contributed by atoms with E-state index in [0.29, 0.717) is 18.9 Å². The van der Waals surface area contributed by atoms with Crippen LogP contribution in [0.5, 0.6) is 0 Å². The van der Waals surface area contributed by atoms with E-state index in [1.165, 1.54) is 0 Å². The van der Waals surface area contributed by atoms with Crippen LogP contribution in [0.2, 0.25) is 0 Å². The molecule has 2 N–H and O–H groups in total. The Hall–Kier alpha value is -0.910. The fourth-order valence-corrected chi connectivity index (χ4v) is 3.43. The van der Waals surface area contributed by atoms with Crippen LogP contribution in [0.3, 0.4) is 0 Å². The predicted octanol–water partition coefficient (Wildman–Crippen LogP) is 1.15. The molecule has 1 aromatic carbocycles. The summed E-state index contributed by atoms with van der Waals surface area (Å²) in [6.07, 6.45) is 2.66. The summed E-state index contributed by atoms with van der Waals surface area (Å²) in [5, 5.41) is 3.29. The largest absolute Gasteiger partial charge is 0.316 e. The van der Waals surface area contributed by atoms with Crippen molar-refractivity contribution in [3.63, 3.8) is 0 Å². The highest BCUT2D eigenvalue weighted by atomic mass is 32.2. The summed E-state index contributed by atoms with van der Waals surface area (Å²) in [5.74, 6) is 0.789. The predicted molar refractivity (Wildman–Crippen MR) is 77.5 cm³/mol. The van der Waals surface area contributed by atoms with Crippen molar-refractivity contribution in [2.45, 2.75) is 19.3 Å².